The Morgan fingerprint density at radius 2 is 0.656 bits per heavy atom. The zero-order chi connectivity index (χ0) is 66.9. The topological polar surface area (TPSA) is 109 Å². The van der Waals surface area contributed by atoms with Crippen molar-refractivity contribution >= 4 is 40.5 Å². The Morgan fingerprint density at radius 1 is 0.355 bits per heavy atom. The van der Waals surface area contributed by atoms with Crippen LogP contribution in [0.2, 0.25) is 0 Å². The molecule has 0 radical (unpaired) electrons. The first-order valence-electron chi connectivity index (χ1n) is 32.6. The molecule has 0 heterocycles. The van der Waals surface area contributed by atoms with Crippen LogP contribution in [0.1, 0.15) is 126 Å². The molecule has 6 aromatic rings. The van der Waals surface area contributed by atoms with Crippen LogP contribution >= 0.6 is 0 Å². The third-order valence-corrected chi connectivity index (χ3v) is 15.7. The lowest BCUT2D eigenvalue weighted by molar-refractivity contribution is -0.917. The van der Waals surface area contributed by atoms with Gasteiger partial charge in [-0.1, -0.05) is 169 Å². The van der Waals surface area contributed by atoms with E-state index in [0.717, 1.165) is 71.6 Å². The van der Waals surface area contributed by atoms with Crippen LogP contribution in [0.15, 0.2) is 152 Å². The van der Waals surface area contributed by atoms with Crippen molar-refractivity contribution in [1.82, 2.24) is 0 Å². The summed E-state index contributed by atoms with van der Waals surface area (Å²) in [7, 11) is 9.85. The van der Waals surface area contributed by atoms with Gasteiger partial charge in [-0.25, -0.2) is 0 Å². The number of aryl methyl sites for hydroxylation is 5. The van der Waals surface area contributed by atoms with Crippen molar-refractivity contribution in [2.75, 3.05) is 118 Å². The van der Waals surface area contributed by atoms with Gasteiger partial charge in [-0.2, -0.15) is 0 Å². The van der Waals surface area contributed by atoms with Gasteiger partial charge in [0.2, 0.25) is 0 Å². The van der Waals surface area contributed by atoms with Crippen molar-refractivity contribution in [1.29, 1.82) is 0 Å². The second-order valence-corrected chi connectivity index (χ2v) is 23.9. The molecule has 0 unspecified atom stereocenters. The molecule has 0 spiro atoms. The third-order valence-electron chi connectivity index (χ3n) is 15.7. The van der Waals surface area contributed by atoms with Gasteiger partial charge in [-0.3, -0.25) is 24.0 Å². The highest BCUT2D eigenvalue weighted by Crippen LogP contribution is 2.18. The van der Waals surface area contributed by atoms with E-state index < -0.39 is 0 Å². The molecule has 0 atom stereocenters. The number of rotatable bonds is 26. The lowest BCUT2D eigenvalue weighted by atomic mass is 9.98. The molecule has 0 aromatic heterocycles. The van der Waals surface area contributed by atoms with Crippen molar-refractivity contribution in [2.24, 2.45) is 0 Å². The summed E-state index contributed by atoms with van der Waals surface area (Å²) in [6, 6.07) is 49.8. The highest BCUT2D eigenvalue weighted by atomic mass is 79.9. The number of halogens is 5. The Kier molecular flexibility index (Phi) is 58.2. The number of ketones is 3. The van der Waals surface area contributed by atoms with Gasteiger partial charge < -0.3 is 109 Å². The zero-order valence-corrected chi connectivity index (χ0v) is 67.9. The molecule has 524 valence electrons. The number of amides is 2. The number of nitrogens with one attached hydrogen (secondary N) is 2. The van der Waals surface area contributed by atoms with Crippen molar-refractivity contribution in [3.8, 4) is 0 Å². The normalized spacial score (nSPS) is 10.2. The maximum absolute atomic E-state index is 12.7. The van der Waals surface area contributed by atoms with E-state index in [0.29, 0.717) is 60.7 Å². The predicted octanol–water partition coefficient (Wildman–Crippen LogP) is 0.0575. The molecule has 6 rings (SSSR count). The maximum atomic E-state index is 12.7. The van der Waals surface area contributed by atoms with E-state index in [9.17, 15) is 24.0 Å². The highest BCUT2D eigenvalue weighted by molar-refractivity contribution is 5.93. The summed E-state index contributed by atoms with van der Waals surface area (Å²) in [6.07, 6.45) is 2.73. The quantitative estimate of drug-likeness (QED) is 0.0749. The maximum Gasteiger partial charge on any atom is 0.279 e. The van der Waals surface area contributed by atoms with E-state index in [1.807, 2.05) is 156 Å². The van der Waals surface area contributed by atoms with Crippen molar-refractivity contribution in [3.63, 3.8) is 0 Å². The van der Waals surface area contributed by atoms with Crippen LogP contribution in [-0.4, -0.2) is 154 Å². The zero-order valence-electron chi connectivity index (χ0n) is 60.8. The Bertz CT molecular complexity index is 2830. The first-order chi connectivity index (χ1) is 41.8. The fraction of sp³-hybridized carbons (Fsp3) is 0.468. The summed E-state index contributed by atoms with van der Waals surface area (Å²) in [5.41, 5.74) is 12.6. The largest absolute Gasteiger partial charge is 1.00 e. The number of hydrogen-bond acceptors (Lipinski definition) is 5. The molecular weight excluding hydrogens is 1440 g/mol. The molecule has 0 fully saturated rings. The lowest BCUT2D eigenvalue weighted by Crippen LogP contribution is -3.00. The summed E-state index contributed by atoms with van der Waals surface area (Å²) in [5.74, 6) is 0.788. The second-order valence-electron chi connectivity index (χ2n) is 23.9. The number of para-hydroxylation sites is 2. The first-order valence-corrected chi connectivity index (χ1v) is 32.6. The molecule has 0 aliphatic rings. The lowest BCUT2D eigenvalue weighted by Gasteiger charge is -2.36. The molecule has 0 saturated carbocycles. The van der Waals surface area contributed by atoms with Gasteiger partial charge in [0.25, 0.3) is 11.8 Å². The van der Waals surface area contributed by atoms with Gasteiger partial charge in [0, 0.05) is 37.1 Å². The monoisotopic (exact) mass is 1560 g/mol. The standard InChI is InChI=1S/C22H30NO.C18H21N3O2.C17H28NO.C14H22NO.3C2H6.4BrH.ClH/c1-4-23(5-2,16-15-20-12-7-6-8-13-20)18-22(24)17-21-14-10-9-11-19(21)3;1-21(2,13-17(22)19-15-9-5-3-6-10-15)14-18(23)20-16-11-7-4-8-12-16;1-6-18(7-2,8-3)13-16(19)12-17-14(4)10-9-11-15(17)5;1-11-7-6-8-12(2)14(11)9-13(16)10-15(3,4)5;3*1-2;;;;;/h6-14H,4-5,15-18H2,1-3H3;3-12H,13-14H2,1-2H3,(H-,19,20,22,23);9-11H,6-8,12-13H2,1-5H3;6-8H,9-10H2,1-5H3;3*1-2H3;5*1H/q+1;;2*+1;;;;;;;;/p-4. The second kappa shape index (κ2) is 54.4. The van der Waals surface area contributed by atoms with Gasteiger partial charge in [0.05, 0.1) is 74.5 Å². The third kappa shape index (κ3) is 41.1. The molecule has 93 heavy (non-hydrogen) atoms. The summed E-state index contributed by atoms with van der Waals surface area (Å²) >= 11 is 0. The Morgan fingerprint density at radius 3 is 1.00 bits per heavy atom. The average molecular weight is 1560 g/mol. The van der Waals surface area contributed by atoms with E-state index in [4.69, 9.17) is 0 Å². The summed E-state index contributed by atoms with van der Waals surface area (Å²) < 4.78 is 2.75. The molecular formula is C77H120Br4ClN6O5-. The summed E-state index contributed by atoms with van der Waals surface area (Å²) in [4.78, 5) is 61.2. The van der Waals surface area contributed by atoms with Crippen LogP contribution < -0.4 is 91.0 Å². The predicted molar refractivity (Wildman–Crippen MR) is 376 cm³/mol. The number of quaternary nitrogens is 4. The summed E-state index contributed by atoms with van der Waals surface area (Å²) in [5, 5.41) is 5.67. The van der Waals surface area contributed by atoms with Gasteiger partial charge in [0.15, 0.2) is 30.4 Å². The molecule has 0 bridgehead atoms. The molecule has 11 nitrogen and oxygen atoms in total. The minimum atomic E-state index is -0.117. The Hall–Kier alpha value is -4.68. The van der Waals surface area contributed by atoms with Crippen LogP contribution in [0.5, 0.6) is 0 Å². The van der Waals surface area contributed by atoms with E-state index >= 15 is 0 Å². The van der Waals surface area contributed by atoms with Crippen LogP contribution in [-0.2, 0) is 49.7 Å². The van der Waals surface area contributed by atoms with Crippen LogP contribution in [0.4, 0.5) is 11.4 Å². The van der Waals surface area contributed by atoms with E-state index in [1.165, 1.54) is 44.5 Å². The van der Waals surface area contributed by atoms with Crippen LogP contribution in [0, 0.1) is 34.6 Å². The number of nitrogens with zero attached hydrogens (tertiary/aromatic N) is 4. The van der Waals surface area contributed by atoms with Gasteiger partial charge in [-0.05, 0) is 144 Å². The highest BCUT2D eigenvalue weighted by Gasteiger charge is 2.28. The summed E-state index contributed by atoms with van der Waals surface area (Å²) in [6.45, 7) is 41.8. The van der Waals surface area contributed by atoms with Gasteiger partial charge in [0.1, 0.15) is 19.6 Å². The van der Waals surface area contributed by atoms with Crippen LogP contribution in [0.3, 0.4) is 0 Å². The van der Waals surface area contributed by atoms with Crippen molar-refractivity contribution in [3.05, 3.63) is 202 Å². The molecule has 0 aliphatic heterocycles. The molecule has 2 amide bonds. The minimum Gasteiger partial charge on any atom is -1.00 e. The number of Topliss-reactive ketones (excluding diaryl/α,β-unsaturated/α-hetero) is 3. The number of carbonyl (C=O) groups excluding carboxylic acids is 5. The Labute approximate surface area is 614 Å². The van der Waals surface area contributed by atoms with Gasteiger partial charge >= 0.3 is 0 Å². The molecule has 2 N–H and O–H groups in total. The van der Waals surface area contributed by atoms with E-state index in [2.05, 4.69) is 153 Å². The SMILES string of the molecule is CC.CC.CC.CC[N+](CC)(CC)CC(=O)Cc1c(C)cccc1C.CC[N+](CC)(CCc1ccccc1)CC(=O)Cc1ccccc1C.C[N+](C)(CC(=O)Nc1ccccc1)CC(=O)Nc1ccccc1.Cc1cccc(C)c1CC(=O)C[N+](C)(C)C.[Br-].[Br-].[Br-].[Br-].[Cl-]. The van der Waals surface area contributed by atoms with E-state index in [-0.39, 0.29) is 110 Å². The molecule has 0 saturated heterocycles. The number of carbonyl (C=O) groups is 5. The smallest absolute Gasteiger partial charge is 0.279 e. The number of benzene rings is 6. The number of hydrogen-bond donors (Lipinski definition) is 2. The average Bonchev–Trinajstić information content (AvgIpc) is 3.63. The minimum absolute atomic E-state index is 0. The molecule has 16 heteroatoms. The molecule has 0 aliphatic carbocycles. The van der Waals surface area contributed by atoms with Crippen LogP contribution in [0.25, 0.3) is 0 Å². The number of anilines is 2. The fourth-order valence-corrected chi connectivity index (χ4v) is 10.3. The van der Waals surface area contributed by atoms with Crippen molar-refractivity contribution in [2.45, 2.75) is 136 Å². The van der Waals surface area contributed by atoms with E-state index in [1.54, 1.807) is 0 Å². The first kappa shape index (κ1) is 99.4. The molecule has 6 aromatic carbocycles. The fourth-order valence-electron chi connectivity index (χ4n) is 10.3. The Balaban J connectivity index is -0.000000262. The van der Waals surface area contributed by atoms with Crippen molar-refractivity contribution < 1.29 is 122 Å². The number of likely N-dealkylation sites (N-methyl/N-ethyl adjacent to an activating group) is 4. The van der Waals surface area contributed by atoms with Gasteiger partial charge in [-0.15, -0.1) is 0 Å².